The number of nitrogens with zero attached hydrogens (tertiary/aromatic N) is 1. The first-order valence-corrected chi connectivity index (χ1v) is 15.6. The van der Waals surface area contributed by atoms with E-state index in [0.717, 1.165) is 50.1 Å². The van der Waals surface area contributed by atoms with Crippen LogP contribution in [0.5, 0.6) is 0 Å². The van der Waals surface area contributed by atoms with Crippen molar-refractivity contribution in [1.82, 2.24) is 0 Å². The van der Waals surface area contributed by atoms with Crippen LogP contribution < -0.4 is 4.90 Å². The molecule has 0 fully saturated rings. The van der Waals surface area contributed by atoms with Crippen LogP contribution in [0, 0.1) is 0 Å². The molecule has 0 radical (unpaired) electrons. The Labute approximate surface area is 262 Å². The minimum absolute atomic E-state index is 0.0990. The van der Waals surface area contributed by atoms with Gasteiger partial charge in [0.2, 0.25) is 0 Å². The Morgan fingerprint density at radius 1 is 0.467 bits per heavy atom. The average molecular weight is 578 g/mol. The van der Waals surface area contributed by atoms with Gasteiger partial charge in [0.1, 0.15) is 11.2 Å². The third-order valence-electron chi connectivity index (χ3n) is 9.67. The van der Waals surface area contributed by atoms with E-state index < -0.39 is 0 Å². The van der Waals surface area contributed by atoms with Crippen LogP contribution >= 0.6 is 0 Å². The smallest absolute Gasteiger partial charge is 0.136 e. The van der Waals surface area contributed by atoms with Crippen molar-refractivity contribution in [2.75, 3.05) is 4.90 Å². The summed E-state index contributed by atoms with van der Waals surface area (Å²) < 4.78 is 6.33. The molecule has 0 unspecified atom stereocenters. The number of furan rings is 1. The summed E-state index contributed by atoms with van der Waals surface area (Å²) in [5, 5.41) is 4.71. The van der Waals surface area contributed by atoms with Crippen molar-refractivity contribution in [1.29, 1.82) is 0 Å². The van der Waals surface area contributed by atoms with E-state index in [9.17, 15) is 0 Å². The predicted molar refractivity (Wildman–Crippen MR) is 189 cm³/mol. The lowest BCUT2D eigenvalue weighted by molar-refractivity contribution is 0.660. The van der Waals surface area contributed by atoms with Gasteiger partial charge >= 0.3 is 0 Å². The summed E-state index contributed by atoms with van der Waals surface area (Å²) in [6.07, 6.45) is 0. The molecule has 7 aromatic carbocycles. The summed E-state index contributed by atoms with van der Waals surface area (Å²) in [7, 11) is 0. The molecule has 45 heavy (non-hydrogen) atoms. The zero-order valence-electron chi connectivity index (χ0n) is 25.3. The fraction of sp³-hybridized carbons (Fsp3) is 0.0698. The molecule has 1 heterocycles. The Kier molecular flexibility index (Phi) is 5.58. The van der Waals surface area contributed by atoms with Crippen LogP contribution in [0.4, 0.5) is 17.1 Å². The van der Waals surface area contributed by atoms with Gasteiger partial charge < -0.3 is 9.32 Å². The molecular formula is C43H31NO. The first-order valence-electron chi connectivity index (χ1n) is 15.6. The maximum Gasteiger partial charge on any atom is 0.136 e. The Bertz CT molecular complexity index is 2420. The summed E-state index contributed by atoms with van der Waals surface area (Å²) in [5.41, 5.74) is 12.8. The van der Waals surface area contributed by atoms with Gasteiger partial charge in [-0.15, -0.1) is 0 Å². The van der Waals surface area contributed by atoms with Gasteiger partial charge in [-0.25, -0.2) is 0 Å². The van der Waals surface area contributed by atoms with E-state index in [0.29, 0.717) is 0 Å². The fourth-order valence-corrected chi connectivity index (χ4v) is 7.45. The Hall–Kier alpha value is -5.60. The Balaban J connectivity index is 1.29. The van der Waals surface area contributed by atoms with E-state index in [1.807, 2.05) is 12.1 Å². The van der Waals surface area contributed by atoms with Crippen LogP contribution in [0.25, 0.3) is 55.0 Å². The molecule has 0 N–H and O–H groups in total. The van der Waals surface area contributed by atoms with Gasteiger partial charge in [-0.3, -0.25) is 0 Å². The van der Waals surface area contributed by atoms with Crippen molar-refractivity contribution >= 4 is 49.8 Å². The summed E-state index contributed by atoms with van der Waals surface area (Å²) in [6, 6.07) is 54.8. The molecule has 0 saturated carbocycles. The highest BCUT2D eigenvalue weighted by Crippen LogP contribution is 2.51. The minimum atomic E-state index is -0.0990. The van der Waals surface area contributed by atoms with Crippen LogP contribution in [-0.4, -0.2) is 0 Å². The first kappa shape index (κ1) is 25.9. The lowest BCUT2D eigenvalue weighted by Crippen LogP contribution is -2.17. The molecule has 0 aliphatic heterocycles. The molecule has 2 heteroatoms. The molecule has 1 aromatic heterocycles. The predicted octanol–water partition coefficient (Wildman–Crippen LogP) is 12.2. The highest BCUT2D eigenvalue weighted by molar-refractivity contribution is 6.07. The van der Waals surface area contributed by atoms with Crippen molar-refractivity contribution in [2.45, 2.75) is 19.3 Å². The second kappa shape index (κ2) is 9.70. The van der Waals surface area contributed by atoms with Gasteiger partial charge in [0.15, 0.2) is 0 Å². The maximum absolute atomic E-state index is 6.33. The highest BCUT2D eigenvalue weighted by Gasteiger charge is 2.36. The molecule has 0 amide bonds. The van der Waals surface area contributed by atoms with E-state index in [4.69, 9.17) is 4.42 Å². The minimum Gasteiger partial charge on any atom is -0.456 e. The van der Waals surface area contributed by atoms with Crippen molar-refractivity contribution in [3.63, 3.8) is 0 Å². The molecular weight excluding hydrogens is 546 g/mol. The molecule has 2 nitrogen and oxygen atoms in total. The fourth-order valence-electron chi connectivity index (χ4n) is 7.45. The quantitative estimate of drug-likeness (QED) is 0.207. The molecule has 0 spiro atoms. The summed E-state index contributed by atoms with van der Waals surface area (Å²) in [5.74, 6) is 0. The van der Waals surface area contributed by atoms with Crippen LogP contribution in [0.2, 0.25) is 0 Å². The zero-order chi connectivity index (χ0) is 30.1. The monoisotopic (exact) mass is 577 g/mol. The molecule has 0 saturated heterocycles. The number of hydrogen-bond acceptors (Lipinski definition) is 2. The van der Waals surface area contributed by atoms with E-state index in [1.54, 1.807) is 0 Å². The third-order valence-corrected chi connectivity index (χ3v) is 9.67. The summed E-state index contributed by atoms with van der Waals surface area (Å²) in [4.78, 5) is 2.44. The van der Waals surface area contributed by atoms with E-state index in [-0.39, 0.29) is 5.41 Å². The molecule has 0 atom stereocenters. The van der Waals surface area contributed by atoms with Gasteiger partial charge in [-0.2, -0.15) is 0 Å². The SMILES string of the molecule is CC1(C)c2ccccc2-c2ccc(N(c3ccccc3-c3ccc4c(c3)oc3ccccc34)c3cccc4ccccc34)cc21. The number of para-hydroxylation sites is 2. The average Bonchev–Trinajstić information content (AvgIpc) is 3.57. The van der Waals surface area contributed by atoms with Crippen molar-refractivity contribution in [3.05, 3.63) is 163 Å². The number of hydrogen-bond donors (Lipinski definition) is 0. The molecule has 9 rings (SSSR count). The Morgan fingerprint density at radius 2 is 1.13 bits per heavy atom. The van der Waals surface area contributed by atoms with Gasteiger partial charge in [-0.05, 0) is 75.7 Å². The van der Waals surface area contributed by atoms with Gasteiger partial charge in [-0.1, -0.05) is 123 Å². The normalized spacial score (nSPS) is 13.3. The summed E-state index contributed by atoms with van der Waals surface area (Å²) >= 11 is 0. The van der Waals surface area contributed by atoms with Crippen LogP contribution in [0.3, 0.4) is 0 Å². The van der Waals surface area contributed by atoms with E-state index in [2.05, 4.69) is 158 Å². The first-order chi connectivity index (χ1) is 22.1. The molecule has 0 bridgehead atoms. The van der Waals surface area contributed by atoms with Crippen LogP contribution in [0.1, 0.15) is 25.0 Å². The van der Waals surface area contributed by atoms with Gasteiger partial charge in [0, 0.05) is 32.8 Å². The standard InChI is InChI=1S/C43H31NO/c1-43(2)37-18-8-5-16-33(37)34-25-23-30(27-38(34)43)44(40-20-11-13-28-12-3-4-14-31(28)40)39-19-9-6-15-32(39)29-22-24-36-35-17-7-10-21-41(35)45-42(36)26-29/h3-27H,1-2H3. The highest BCUT2D eigenvalue weighted by atomic mass is 16.3. The summed E-state index contributed by atoms with van der Waals surface area (Å²) in [6.45, 7) is 4.69. The van der Waals surface area contributed by atoms with Crippen LogP contribution in [-0.2, 0) is 5.41 Å². The van der Waals surface area contributed by atoms with Crippen molar-refractivity contribution in [3.8, 4) is 22.3 Å². The largest absolute Gasteiger partial charge is 0.456 e. The van der Waals surface area contributed by atoms with E-state index >= 15 is 0 Å². The molecule has 1 aliphatic rings. The lowest BCUT2D eigenvalue weighted by atomic mass is 9.82. The second-order valence-electron chi connectivity index (χ2n) is 12.6. The zero-order valence-corrected chi connectivity index (χ0v) is 25.3. The number of benzene rings is 7. The molecule has 1 aliphatic carbocycles. The number of anilines is 3. The lowest BCUT2D eigenvalue weighted by Gasteiger charge is -2.30. The maximum atomic E-state index is 6.33. The van der Waals surface area contributed by atoms with Gasteiger partial charge in [0.05, 0.1) is 11.4 Å². The Morgan fingerprint density at radius 3 is 2.04 bits per heavy atom. The second-order valence-corrected chi connectivity index (χ2v) is 12.6. The van der Waals surface area contributed by atoms with E-state index in [1.165, 1.54) is 33.0 Å². The topological polar surface area (TPSA) is 16.4 Å². The van der Waals surface area contributed by atoms with Crippen molar-refractivity contribution in [2.24, 2.45) is 0 Å². The molecule has 214 valence electrons. The van der Waals surface area contributed by atoms with Crippen molar-refractivity contribution < 1.29 is 4.42 Å². The third kappa shape index (κ3) is 3.89. The van der Waals surface area contributed by atoms with Gasteiger partial charge in [0.25, 0.3) is 0 Å². The molecule has 8 aromatic rings. The number of fused-ring (bicyclic) bond motifs is 7. The number of rotatable bonds is 4. The van der Waals surface area contributed by atoms with Crippen LogP contribution in [0.15, 0.2) is 156 Å².